The van der Waals surface area contributed by atoms with Crippen molar-refractivity contribution in [2.45, 2.75) is 4.90 Å². The Morgan fingerprint density at radius 1 is 0.857 bits per heavy atom. The summed E-state index contributed by atoms with van der Waals surface area (Å²) in [4.78, 5) is 12.7. The predicted octanol–water partition coefficient (Wildman–Crippen LogP) is 4.94. The number of ether oxygens (including phenoxy) is 3. The first-order chi connectivity index (χ1) is 16.6. The fourth-order valence-corrected chi connectivity index (χ4v) is 5.97. The van der Waals surface area contributed by atoms with Crippen LogP contribution >= 0.6 is 23.2 Å². The molecule has 0 spiro atoms. The Morgan fingerprint density at radius 3 is 2.11 bits per heavy atom. The van der Waals surface area contributed by atoms with Crippen LogP contribution in [0.25, 0.3) is 22.2 Å². The van der Waals surface area contributed by atoms with E-state index in [-0.39, 0.29) is 38.1 Å². The molecule has 0 aliphatic rings. The largest absolute Gasteiger partial charge is 0.505 e. The highest BCUT2D eigenvalue weighted by molar-refractivity contribution is 7.90. The molecule has 1 aromatic heterocycles. The van der Waals surface area contributed by atoms with Gasteiger partial charge in [0.25, 0.3) is 10.0 Å². The molecule has 0 aliphatic heterocycles. The molecule has 0 atom stereocenters. The Kier molecular flexibility index (Phi) is 6.59. The summed E-state index contributed by atoms with van der Waals surface area (Å²) in [6, 6.07) is 12.8. The summed E-state index contributed by atoms with van der Waals surface area (Å²) in [5.41, 5.74) is -0.0983. The minimum absolute atomic E-state index is 0.00162. The molecule has 182 valence electrons. The molecular weight excluding hydrogens is 517 g/mol. The molecule has 35 heavy (non-hydrogen) atoms. The van der Waals surface area contributed by atoms with Crippen molar-refractivity contribution in [3.63, 3.8) is 0 Å². The number of halogens is 2. The number of aromatic hydroxyl groups is 1. The summed E-state index contributed by atoms with van der Waals surface area (Å²) in [6.07, 6.45) is 0. The van der Waals surface area contributed by atoms with Gasteiger partial charge in [-0.25, -0.2) is 12.4 Å². The van der Waals surface area contributed by atoms with Crippen molar-refractivity contribution in [3.05, 3.63) is 74.9 Å². The molecule has 0 radical (unpaired) electrons. The molecule has 1 heterocycles. The van der Waals surface area contributed by atoms with E-state index in [1.807, 2.05) is 0 Å². The smallest absolute Gasteiger partial charge is 0.272 e. The monoisotopic (exact) mass is 535 g/mol. The third-order valence-corrected chi connectivity index (χ3v) is 7.61. The maximum Gasteiger partial charge on any atom is 0.272 e. The number of rotatable bonds is 6. The number of phenols is 1. The zero-order valence-corrected chi connectivity index (χ0v) is 21.0. The van der Waals surface area contributed by atoms with E-state index in [4.69, 9.17) is 37.4 Å². The van der Waals surface area contributed by atoms with Gasteiger partial charge in [-0.3, -0.25) is 4.79 Å². The maximum absolute atomic E-state index is 14.1. The molecular formula is C24H19Cl2NO7S. The Hall–Kier alpha value is -3.40. The average Bonchev–Trinajstić information content (AvgIpc) is 2.84. The highest BCUT2D eigenvalue weighted by Crippen LogP contribution is 2.39. The predicted molar refractivity (Wildman–Crippen MR) is 134 cm³/mol. The second-order valence-corrected chi connectivity index (χ2v) is 9.95. The van der Waals surface area contributed by atoms with Crippen LogP contribution in [0.3, 0.4) is 0 Å². The number of benzene rings is 3. The van der Waals surface area contributed by atoms with Gasteiger partial charge >= 0.3 is 0 Å². The molecule has 3 aromatic carbocycles. The fraction of sp³-hybridized carbons (Fsp3) is 0.125. The van der Waals surface area contributed by atoms with Crippen molar-refractivity contribution in [2.24, 2.45) is 0 Å². The molecule has 0 saturated carbocycles. The SMILES string of the molecule is COc1ccc(-c2cc(=O)c3c(OC)cc(OC)cc3n2S(=O)(=O)c2cc(Cl)cc(Cl)c2O)cc1. The standard InChI is InChI=1S/C24H19Cl2NO7S/c1-32-15-6-4-13(5-7-15)18-12-20(28)23-19(10-16(33-2)11-21(23)34-3)27(18)35(30,31)22-9-14(25)8-17(26)24(22)29/h4-12,29H,1-3H3. The molecule has 11 heteroatoms. The zero-order chi connectivity index (χ0) is 25.5. The van der Waals surface area contributed by atoms with Gasteiger partial charge in [-0.2, -0.15) is 0 Å². The minimum atomic E-state index is -4.59. The second kappa shape index (κ2) is 9.33. The maximum atomic E-state index is 14.1. The van der Waals surface area contributed by atoms with Crippen LogP contribution in [0.5, 0.6) is 23.0 Å². The van der Waals surface area contributed by atoms with Crippen molar-refractivity contribution in [2.75, 3.05) is 21.3 Å². The minimum Gasteiger partial charge on any atom is -0.505 e. The van der Waals surface area contributed by atoms with Crippen molar-refractivity contribution in [3.8, 4) is 34.3 Å². The highest BCUT2D eigenvalue weighted by Gasteiger charge is 2.29. The van der Waals surface area contributed by atoms with Crippen LogP contribution in [0, 0.1) is 0 Å². The molecule has 0 fully saturated rings. The first kappa shape index (κ1) is 24.7. The van der Waals surface area contributed by atoms with Crippen LogP contribution in [-0.2, 0) is 10.0 Å². The summed E-state index contributed by atoms with van der Waals surface area (Å²) in [5.74, 6) is 0.216. The summed E-state index contributed by atoms with van der Waals surface area (Å²) in [5, 5.41) is 10.3. The van der Waals surface area contributed by atoms with Crippen LogP contribution in [0.15, 0.2) is 64.3 Å². The third-order valence-electron chi connectivity index (χ3n) is 5.36. The lowest BCUT2D eigenvalue weighted by atomic mass is 10.1. The van der Waals surface area contributed by atoms with E-state index in [9.17, 15) is 18.3 Å². The summed E-state index contributed by atoms with van der Waals surface area (Å²) in [7, 11) is -0.340. The van der Waals surface area contributed by atoms with Crippen molar-refractivity contribution in [1.29, 1.82) is 0 Å². The Morgan fingerprint density at radius 2 is 1.51 bits per heavy atom. The number of pyridine rings is 1. The lowest BCUT2D eigenvalue weighted by molar-refractivity contribution is 0.397. The van der Waals surface area contributed by atoms with Gasteiger partial charge in [-0.1, -0.05) is 23.2 Å². The Labute approximate surface area is 210 Å². The zero-order valence-electron chi connectivity index (χ0n) is 18.7. The number of hydrogen-bond acceptors (Lipinski definition) is 7. The average molecular weight is 536 g/mol. The molecule has 4 rings (SSSR count). The third kappa shape index (κ3) is 4.27. The van der Waals surface area contributed by atoms with Crippen LogP contribution in [0.2, 0.25) is 10.0 Å². The number of phenolic OH excluding ortho intramolecular Hbond substituents is 1. The van der Waals surface area contributed by atoms with Gasteiger partial charge in [0.1, 0.15) is 22.1 Å². The van der Waals surface area contributed by atoms with Gasteiger partial charge < -0.3 is 19.3 Å². The van der Waals surface area contributed by atoms with Crippen LogP contribution in [-0.4, -0.2) is 38.8 Å². The van der Waals surface area contributed by atoms with Gasteiger partial charge in [0.2, 0.25) is 0 Å². The van der Waals surface area contributed by atoms with Crippen molar-refractivity contribution < 1.29 is 27.7 Å². The van der Waals surface area contributed by atoms with Gasteiger partial charge in [0.05, 0.1) is 42.9 Å². The highest BCUT2D eigenvalue weighted by atomic mass is 35.5. The first-order valence-electron chi connectivity index (χ1n) is 10.0. The molecule has 0 saturated heterocycles. The quantitative estimate of drug-likeness (QED) is 0.372. The van der Waals surface area contributed by atoms with Gasteiger partial charge in [-0.05, 0) is 42.0 Å². The molecule has 0 aliphatic carbocycles. The van der Waals surface area contributed by atoms with E-state index < -0.39 is 26.1 Å². The molecule has 4 aromatic rings. The van der Waals surface area contributed by atoms with Crippen LogP contribution < -0.4 is 19.6 Å². The molecule has 0 bridgehead atoms. The number of nitrogens with zero attached hydrogens (tertiary/aromatic N) is 1. The number of fused-ring (bicyclic) bond motifs is 1. The van der Waals surface area contributed by atoms with E-state index in [2.05, 4.69) is 0 Å². The van der Waals surface area contributed by atoms with E-state index >= 15 is 0 Å². The fourth-order valence-electron chi connectivity index (χ4n) is 3.71. The second-order valence-electron chi connectivity index (χ2n) is 7.35. The summed E-state index contributed by atoms with van der Waals surface area (Å²) < 4.78 is 45.0. The normalized spacial score (nSPS) is 11.5. The van der Waals surface area contributed by atoms with E-state index in [0.717, 1.165) is 10.0 Å². The number of methoxy groups -OCH3 is 3. The molecule has 0 unspecified atom stereocenters. The molecule has 8 nitrogen and oxygen atoms in total. The topological polar surface area (TPSA) is 104 Å². The lowest BCUT2D eigenvalue weighted by Crippen LogP contribution is -2.20. The van der Waals surface area contributed by atoms with Gasteiger partial charge in [0.15, 0.2) is 11.2 Å². The van der Waals surface area contributed by atoms with Gasteiger partial charge in [0, 0.05) is 23.2 Å². The Balaban J connectivity index is 2.22. The van der Waals surface area contributed by atoms with Crippen LogP contribution in [0.1, 0.15) is 0 Å². The molecule has 0 amide bonds. The lowest BCUT2D eigenvalue weighted by Gasteiger charge is -2.20. The first-order valence-corrected chi connectivity index (χ1v) is 12.2. The Bertz CT molecular complexity index is 1610. The van der Waals surface area contributed by atoms with Crippen molar-refractivity contribution >= 4 is 44.1 Å². The van der Waals surface area contributed by atoms with Gasteiger partial charge in [-0.15, -0.1) is 0 Å². The summed E-state index contributed by atoms with van der Waals surface area (Å²) in [6.45, 7) is 0. The molecule has 1 N–H and O–H groups in total. The van der Waals surface area contributed by atoms with Crippen molar-refractivity contribution in [1.82, 2.24) is 3.97 Å². The summed E-state index contributed by atoms with van der Waals surface area (Å²) >= 11 is 12.1. The van der Waals surface area contributed by atoms with Crippen LogP contribution in [0.4, 0.5) is 0 Å². The number of hydrogen-bond donors (Lipinski definition) is 1. The van der Waals surface area contributed by atoms with E-state index in [1.54, 1.807) is 24.3 Å². The van der Waals surface area contributed by atoms with E-state index in [1.165, 1.54) is 45.6 Å². The van der Waals surface area contributed by atoms with E-state index in [0.29, 0.717) is 11.3 Å². The number of aromatic nitrogens is 1.